The molecule has 3 aromatic rings. The van der Waals surface area contributed by atoms with Crippen LogP contribution in [-0.4, -0.2) is 33.8 Å². The minimum Gasteiger partial charge on any atom is -0.493 e. The molecular formula is C23H26Cl2N5O2+. The highest BCUT2D eigenvalue weighted by molar-refractivity contribution is 6.42. The molecule has 9 heteroatoms. The van der Waals surface area contributed by atoms with Crippen molar-refractivity contribution in [3.05, 3.63) is 63.5 Å². The first kappa shape index (κ1) is 22.4. The summed E-state index contributed by atoms with van der Waals surface area (Å²) in [5, 5.41) is 5.30. The van der Waals surface area contributed by atoms with E-state index in [-0.39, 0.29) is 12.0 Å². The fourth-order valence-electron chi connectivity index (χ4n) is 3.92. The highest BCUT2D eigenvalue weighted by atomic mass is 35.5. The molecule has 0 bridgehead atoms. The van der Waals surface area contributed by atoms with Gasteiger partial charge in [0.1, 0.15) is 5.75 Å². The second-order valence-electron chi connectivity index (χ2n) is 7.91. The van der Waals surface area contributed by atoms with Gasteiger partial charge in [-0.2, -0.15) is 4.98 Å². The van der Waals surface area contributed by atoms with Crippen LogP contribution in [0.5, 0.6) is 5.75 Å². The van der Waals surface area contributed by atoms with Crippen molar-refractivity contribution in [2.24, 2.45) is 11.5 Å². The maximum Gasteiger partial charge on any atom is 0.341 e. The van der Waals surface area contributed by atoms with Gasteiger partial charge in [-0.15, -0.1) is 0 Å². The normalized spacial score (nSPS) is 15.8. The summed E-state index contributed by atoms with van der Waals surface area (Å²) in [6, 6.07) is 11.5. The summed E-state index contributed by atoms with van der Waals surface area (Å²) in [6.07, 6.45) is 3.60. The van der Waals surface area contributed by atoms with Gasteiger partial charge in [0, 0.05) is 5.56 Å². The largest absolute Gasteiger partial charge is 0.493 e. The van der Waals surface area contributed by atoms with Gasteiger partial charge in [0.15, 0.2) is 6.04 Å². The number of nitrogens with two attached hydrogens (primary N) is 2. The van der Waals surface area contributed by atoms with Crippen LogP contribution in [0.4, 0.5) is 0 Å². The maximum absolute atomic E-state index is 6.07. The number of aromatic nitrogens is 2. The molecule has 1 fully saturated rings. The predicted molar refractivity (Wildman–Crippen MR) is 125 cm³/mol. The Morgan fingerprint density at radius 1 is 1.19 bits per heavy atom. The number of ether oxygens (including phenoxy) is 1. The average Bonchev–Trinajstić information content (AvgIpc) is 3.44. The zero-order valence-electron chi connectivity index (χ0n) is 17.9. The van der Waals surface area contributed by atoms with Gasteiger partial charge >= 0.3 is 5.96 Å². The molecule has 0 aliphatic carbocycles. The van der Waals surface area contributed by atoms with E-state index in [9.17, 15) is 0 Å². The number of halogens is 2. The van der Waals surface area contributed by atoms with E-state index in [1.807, 2.05) is 47.9 Å². The molecule has 0 radical (unpaired) electrons. The summed E-state index contributed by atoms with van der Waals surface area (Å²) in [5.74, 6) is 2.19. The summed E-state index contributed by atoms with van der Waals surface area (Å²) in [5.41, 5.74) is 14.6. The number of hydrogen-bond acceptors (Lipinski definition) is 4. The molecule has 2 aromatic carbocycles. The third-order valence-electron chi connectivity index (χ3n) is 5.60. The smallest absolute Gasteiger partial charge is 0.341 e. The molecule has 0 spiro atoms. The molecule has 1 aromatic heterocycles. The van der Waals surface area contributed by atoms with Gasteiger partial charge < -0.3 is 9.26 Å². The van der Waals surface area contributed by atoms with Crippen LogP contribution in [0.25, 0.3) is 11.4 Å². The summed E-state index contributed by atoms with van der Waals surface area (Å²) >= 11 is 12.0. The number of guanidine groups is 1. The Morgan fingerprint density at radius 2 is 2.03 bits per heavy atom. The van der Waals surface area contributed by atoms with Crippen LogP contribution < -0.4 is 16.2 Å². The van der Waals surface area contributed by atoms with Crippen LogP contribution in [0.3, 0.4) is 0 Å². The standard InChI is InChI=1S/C23H25Cl2N5O2/c1-14-12-16(21-28-22(32-29-21)19-5-2-10-30(19)23(26)27)7-9-20(14)31-11-3-4-15-6-8-17(24)18(25)13-15/h6-9,12-13,19H,2-5,10-11H2,1H3,(H3,26,27)/p+1/t19-/m0/s1. The van der Waals surface area contributed by atoms with Gasteiger partial charge in [0.25, 0.3) is 5.89 Å². The Kier molecular flexibility index (Phi) is 6.86. The summed E-state index contributed by atoms with van der Waals surface area (Å²) in [4.78, 5) is 4.58. The molecule has 1 atom stereocenters. The van der Waals surface area contributed by atoms with Crippen molar-refractivity contribution >= 4 is 29.2 Å². The predicted octanol–water partition coefficient (Wildman–Crippen LogP) is 4.48. The molecule has 7 nitrogen and oxygen atoms in total. The van der Waals surface area contributed by atoms with Crippen molar-refractivity contribution < 1.29 is 13.8 Å². The van der Waals surface area contributed by atoms with E-state index in [1.165, 1.54) is 0 Å². The Hall–Kier alpha value is -2.77. The molecule has 32 heavy (non-hydrogen) atoms. The first-order valence-electron chi connectivity index (χ1n) is 10.6. The molecule has 0 unspecified atom stereocenters. The summed E-state index contributed by atoms with van der Waals surface area (Å²) in [6.45, 7) is 3.39. The second kappa shape index (κ2) is 9.79. The van der Waals surface area contributed by atoms with Gasteiger partial charge in [0.05, 0.1) is 23.2 Å². The third-order valence-corrected chi connectivity index (χ3v) is 6.33. The SMILES string of the molecule is Cc1cc(-c2noc([C@@H]3CCC[N+]3=C(N)N)n2)ccc1OCCCc1ccc(Cl)c(Cl)c1. The van der Waals surface area contributed by atoms with Crippen LogP contribution in [0.15, 0.2) is 40.9 Å². The Balaban J connectivity index is 1.37. The summed E-state index contributed by atoms with van der Waals surface area (Å²) < 4.78 is 13.4. The fourth-order valence-corrected chi connectivity index (χ4v) is 4.24. The van der Waals surface area contributed by atoms with Crippen molar-refractivity contribution in [3.63, 3.8) is 0 Å². The van der Waals surface area contributed by atoms with Crippen LogP contribution in [-0.2, 0) is 6.42 Å². The van der Waals surface area contributed by atoms with Gasteiger partial charge in [0.2, 0.25) is 5.82 Å². The number of nitrogens with zero attached hydrogens (tertiary/aromatic N) is 3. The van der Waals surface area contributed by atoms with Crippen LogP contribution >= 0.6 is 23.2 Å². The molecule has 168 valence electrons. The minimum atomic E-state index is -0.0690. The lowest BCUT2D eigenvalue weighted by Gasteiger charge is -2.10. The van der Waals surface area contributed by atoms with Crippen LogP contribution in [0, 0.1) is 6.92 Å². The van der Waals surface area contributed by atoms with Crippen LogP contribution in [0.2, 0.25) is 10.0 Å². The molecule has 0 saturated carbocycles. The van der Waals surface area contributed by atoms with E-state index in [0.717, 1.165) is 54.7 Å². The van der Waals surface area contributed by atoms with Gasteiger partial charge in [-0.25, -0.2) is 0 Å². The molecule has 1 aliphatic heterocycles. The number of aryl methyl sites for hydroxylation is 2. The topological polar surface area (TPSA) is 103 Å². The third kappa shape index (κ3) is 5.00. The Morgan fingerprint density at radius 3 is 2.78 bits per heavy atom. The Bertz CT molecular complexity index is 1140. The van der Waals surface area contributed by atoms with Crippen molar-refractivity contribution in [2.75, 3.05) is 13.2 Å². The lowest BCUT2D eigenvalue weighted by molar-refractivity contribution is -0.555. The maximum atomic E-state index is 6.07. The molecule has 1 saturated heterocycles. The van der Waals surface area contributed by atoms with E-state index in [2.05, 4.69) is 10.1 Å². The Labute approximate surface area is 197 Å². The highest BCUT2D eigenvalue weighted by Crippen LogP contribution is 2.30. The highest BCUT2D eigenvalue weighted by Gasteiger charge is 2.31. The first-order valence-corrected chi connectivity index (χ1v) is 11.3. The van der Waals surface area contributed by atoms with E-state index in [4.69, 9.17) is 43.9 Å². The lowest BCUT2D eigenvalue weighted by Crippen LogP contribution is -2.35. The van der Waals surface area contributed by atoms with E-state index < -0.39 is 0 Å². The van der Waals surface area contributed by atoms with Crippen molar-refractivity contribution in [1.29, 1.82) is 0 Å². The zero-order chi connectivity index (χ0) is 22.7. The molecular weight excluding hydrogens is 449 g/mol. The number of benzene rings is 2. The number of hydrogen-bond donors (Lipinski definition) is 2. The van der Waals surface area contributed by atoms with Crippen LogP contribution in [0.1, 0.15) is 42.3 Å². The van der Waals surface area contributed by atoms with Gasteiger partial charge in [-0.05, 0) is 74.1 Å². The first-order chi connectivity index (χ1) is 15.4. The molecule has 0 amide bonds. The van der Waals surface area contributed by atoms with E-state index in [0.29, 0.717) is 28.4 Å². The molecule has 1 aliphatic rings. The van der Waals surface area contributed by atoms with E-state index in [1.54, 1.807) is 0 Å². The number of rotatable bonds is 7. The summed E-state index contributed by atoms with van der Waals surface area (Å²) in [7, 11) is 0. The van der Waals surface area contributed by atoms with Gasteiger partial charge in [-0.3, -0.25) is 16.0 Å². The van der Waals surface area contributed by atoms with Gasteiger partial charge in [-0.1, -0.05) is 34.4 Å². The monoisotopic (exact) mass is 474 g/mol. The lowest BCUT2D eigenvalue weighted by atomic mass is 10.1. The average molecular weight is 475 g/mol. The van der Waals surface area contributed by atoms with E-state index >= 15 is 0 Å². The van der Waals surface area contributed by atoms with Crippen molar-refractivity contribution in [1.82, 2.24) is 10.1 Å². The quantitative estimate of drug-likeness (QED) is 0.297. The van der Waals surface area contributed by atoms with Crippen molar-refractivity contribution in [2.45, 2.75) is 38.6 Å². The zero-order valence-corrected chi connectivity index (χ0v) is 19.4. The second-order valence-corrected chi connectivity index (χ2v) is 8.73. The molecule has 4 rings (SSSR count). The molecule has 2 heterocycles. The fraction of sp³-hybridized carbons (Fsp3) is 0.348. The van der Waals surface area contributed by atoms with Crippen molar-refractivity contribution in [3.8, 4) is 17.1 Å². The molecule has 4 N–H and O–H groups in total. The minimum absolute atomic E-state index is 0.0690.